The van der Waals surface area contributed by atoms with Crippen molar-refractivity contribution in [2.75, 3.05) is 25.1 Å². The number of nitrogens with zero attached hydrogens (tertiary/aromatic N) is 2. The number of anilines is 1. The number of nitrogens with one attached hydrogen (secondary N) is 1. The van der Waals surface area contributed by atoms with Crippen LogP contribution in [0.1, 0.15) is 32.2 Å². The highest BCUT2D eigenvalue weighted by Gasteiger charge is 2.32. The van der Waals surface area contributed by atoms with Gasteiger partial charge in [0.2, 0.25) is 0 Å². The maximum atomic E-state index is 12.9. The lowest BCUT2D eigenvalue weighted by molar-refractivity contribution is -0.120. The second kappa shape index (κ2) is 9.03. The third kappa shape index (κ3) is 4.37. The summed E-state index contributed by atoms with van der Waals surface area (Å²) in [5.74, 6) is -0.222. The number of rotatable bonds is 6. The van der Waals surface area contributed by atoms with E-state index in [9.17, 15) is 14.4 Å². The molecule has 0 radical (unpaired) electrons. The van der Waals surface area contributed by atoms with Gasteiger partial charge in [-0.15, -0.1) is 0 Å². The van der Waals surface area contributed by atoms with Gasteiger partial charge in [-0.25, -0.2) is 0 Å². The van der Waals surface area contributed by atoms with Gasteiger partial charge in [-0.2, -0.15) is 0 Å². The number of hydrogen-bond acceptors (Lipinski definition) is 7. The van der Waals surface area contributed by atoms with Gasteiger partial charge in [-0.05, 0) is 23.8 Å². The summed E-state index contributed by atoms with van der Waals surface area (Å²) in [5.41, 5.74) is 7.33. The number of carbonyl (C=O) groups is 3. The van der Waals surface area contributed by atoms with Gasteiger partial charge >= 0.3 is 0 Å². The van der Waals surface area contributed by atoms with Crippen molar-refractivity contribution < 1.29 is 23.6 Å². The van der Waals surface area contributed by atoms with E-state index in [0.29, 0.717) is 29.2 Å². The normalized spacial score (nSPS) is 15.5. The number of Topliss-reactive ketones (excluding diaryl/α,β-unsaturated/α-hetero) is 1. The molecular weight excluding hydrogens is 412 g/mol. The molecule has 9 heteroatoms. The molecule has 3 N–H and O–H groups in total. The van der Waals surface area contributed by atoms with Crippen molar-refractivity contribution in [3.05, 3.63) is 77.2 Å². The molecule has 2 amide bonds. The van der Waals surface area contributed by atoms with Gasteiger partial charge in [0.15, 0.2) is 11.5 Å². The maximum Gasteiger partial charge on any atom is 0.274 e. The lowest BCUT2D eigenvalue weighted by Crippen LogP contribution is -2.49. The van der Waals surface area contributed by atoms with E-state index >= 15 is 0 Å². The molecule has 3 aromatic rings. The number of ketones is 1. The number of benzene rings is 2. The van der Waals surface area contributed by atoms with Gasteiger partial charge in [0.05, 0.1) is 12.2 Å². The Labute approximate surface area is 184 Å². The number of ether oxygens (including phenoxy) is 1. The smallest absolute Gasteiger partial charge is 0.274 e. The average Bonchev–Trinajstić information content (AvgIpc) is 3.25. The van der Waals surface area contributed by atoms with Crippen molar-refractivity contribution in [1.29, 1.82) is 0 Å². The topological polar surface area (TPSA) is 128 Å². The van der Waals surface area contributed by atoms with Crippen molar-refractivity contribution in [2.45, 2.75) is 12.5 Å². The van der Waals surface area contributed by atoms with Gasteiger partial charge in [-0.3, -0.25) is 14.4 Å². The Hall–Kier alpha value is -3.98. The summed E-state index contributed by atoms with van der Waals surface area (Å²) in [6, 6.07) is 15.0. The zero-order valence-corrected chi connectivity index (χ0v) is 17.4. The molecule has 0 unspecified atom stereocenters. The number of hydrogen-bond donors (Lipinski definition) is 2. The van der Waals surface area contributed by atoms with Gasteiger partial charge in [0.25, 0.3) is 11.8 Å². The number of aromatic nitrogens is 1. The van der Waals surface area contributed by atoms with Gasteiger partial charge in [-0.1, -0.05) is 35.5 Å². The number of amides is 2. The molecule has 4 rings (SSSR count). The van der Waals surface area contributed by atoms with Crippen LogP contribution in [-0.4, -0.2) is 49.0 Å². The van der Waals surface area contributed by atoms with Crippen molar-refractivity contribution in [2.24, 2.45) is 5.73 Å². The Morgan fingerprint density at radius 1 is 1.19 bits per heavy atom. The largest absolute Gasteiger partial charge is 0.489 e. The summed E-state index contributed by atoms with van der Waals surface area (Å²) in [7, 11) is 1.56. The lowest BCUT2D eigenvalue weighted by atomic mass is 10.1. The molecule has 0 saturated carbocycles. The van der Waals surface area contributed by atoms with Crippen LogP contribution >= 0.6 is 0 Å². The third-order valence-electron chi connectivity index (χ3n) is 5.18. The molecule has 0 saturated heterocycles. The van der Waals surface area contributed by atoms with Crippen molar-refractivity contribution in [3.8, 4) is 5.75 Å². The van der Waals surface area contributed by atoms with Crippen LogP contribution in [0.25, 0.3) is 0 Å². The summed E-state index contributed by atoms with van der Waals surface area (Å²) in [4.78, 5) is 38.9. The van der Waals surface area contributed by atoms with E-state index < -0.39 is 11.9 Å². The quantitative estimate of drug-likeness (QED) is 0.564. The van der Waals surface area contributed by atoms with E-state index in [-0.39, 0.29) is 30.5 Å². The van der Waals surface area contributed by atoms with E-state index in [1.54, 1.807) is 31.3 Å². The molecule has 9 nitrogen and oxygen atoms in total. The first-order chi connectivity index (χ1) is 15.5. The highest BCUT2D eigenvalue weighted by Crippen LogP contribution is 2.31. The van der Waals surface area contributed by atoms with Crippen LogP contribution in [0.3, 0.4) is 0 Å². The molecule has 32 heavy (non-hydrogen) atoms. The second-order valence-electron chi connectivity index (χ2n) is 7.38. The molecule has 164 valence electrons. The molecule has 0 fully saturated rings. The minimum atomic E-state index is -0.942. The summed E-state index contributed by atoms with van der Waals surface area (Å²) in [6.07, 6.45) is 0.495. The Morgan fingerprint density at radius 2 is 1.97 bits per heavy atom. The fourth-order valence-corrected chi connectivity index (χ4v) is 3.43. The first-order valence-corrected chi connectivity index (χ1v) is 10.0. The molecule has 2 aromatic carbocycles. The number of carbonyl (C=O) groups excluding carboxylic acids is 3. The number of likely N-dealkylation sites (N-methyl/N-ethyl adjacent to an activating group) is 1. The predicted molar refractivity (Wildman–Crippen MR) is 116 cm³/mol. The molecule has 1 aliphatic rings. The van der Waals surface area contributed by atoms with Crippen LogP contribution in [0.15, 0.2) is 59.1 Å². The van der Waals surface area contributed by atoms with E-state index in [1.807, 2.05) is 30.3 Å². The monoisotopic (exact) mass is 434 g/mol. The molecular formula is C23H22N4O5. The zero-order valence-electron chi connectivity index (χ0n) is 17.4. The van der Waals surface area contributed by atoms with Gasteiger partial charge in [0, 0.05) is 25.1 Å². The standard InChI is InChI=1S/C23H22N4O5/c1-27-19-10-15(20(28)12-24)7-8-21(19)31-13-18(23(27)30)25-22(29)17-11-16(32-26-17)9-14-5-3-2-4-6-14/h2-8,10-11,18H,9,12-13,24H2,1H3,(H,25,29)/t18-/m0/s1. The molecule has 2 heterocycles. The second-order valence-corrected chi connectivity index (χ2v) is 7.38. The highest BCUT2D eigenvalue weighted by atomic mass is 16.5. The first-order valence-electron chi connectivity index (χ1n) is 10.0. The van der Waals surface area contributed by atoms with Crippen molar-refractivity contribution in [3.63, 3.8) is 0 Å². The van der Waals surface area contributed by atoms with E-state index in [4.69, 9.17) is 15.0 Å². The van der Waals surface area contributed by atoms with E-state index in [1.165, 1.54) is 4.90 Å². The van der Waals surface area contributed by atoms with Crippen LogP contribution in [0.5, 0.6) is 5.75 Å². The maximum absolute atomic E-state index is 12.9. The molecule has 1 atom stereocenters. The Kier molecular flexibility index (Phi) is 6.00. The van der Waals surface area contributed by atoms with Gasteiger partial charge in [0.1, 0.15) is 24.2 Å². The fourth-order valence-electron chi connectivity index (χ4n) is 3.43. The number of fused-ring (bicyclic) bond motifs is 1. The van der Waals surface area contributed by atoms with Crippen molar-refractivity contribution in [1.82, 2.24) is 10.5 Å². The molecule has 0 spiro atoms. The van der Waals surface area contributed by atoms with E-state index in [0.717, 1.165) is 5.56 Å². The molecule has 0 bridgehead atoms. The SMILES string of the molecule is CN1C(=O)[C@@H](NC(=O)c2cc(Cc3ccccc3)on2)COc2ccc(C(=O)CN)cc21. The summed E-state index contributed by atoms with van der Waals surface area (Å²) >= 11 is 0. The first kappa shape index (κ1) is 21.3. The summed E-state index contributed by atoms with van der Waals surface area (Å²) < 4.78 is 11.0. The van der Waals surface area contributed by atoms with E-state index in [2.05, 4.69) is 10.5 Å². The molecule has 1 aromatic heterocycles. The number of nitrogens with two attached hydrogens (primary N) is 1. The molecule has 0 aliphatic carbocycles. The van der Waals surface area contributed by atoms with Gasteiger partial charge < -0.3 is 25.2 Å². The van der Waals surface area contributed by atoms with Crippen molar-refractivity contribution >= 4 is 23.3 Å². The predicted octanol–water partition coefficient (Wildman–Crippen LogP) is 1.56. The third-order valence-corrected chi connectivity index (χ3v) is 5.18. The molecule has 1 aliphatic heterocycles. The Morgan fingerprint density at radius 3 is 2.72 bits per heavy atom. The summed E-state index contributed by atoms with van der Waals surface area (Å²) in [5, 5.41) is 6.47. The summed E-state index contributed by atoms with van der Waals surface area (Å²) in [6.45, 7) is -0.208. The minimum Gasteiger partial charge on any atom is -0.489 e. The zero-order chi connectivity index (χ0) is 22.7. The highest BCUT2D eigenvalue weighted by molar-refractivity contribution is 6.04. The van der Waals surface area contributed by atoms with Crippen LogP contribution in [0, 0.1) is 0 Å². The minimum absolute atomic E-state index is 0.0686. The van der Waals surface area contributed by atoms with Crippen LogP contribution in [0.2, 0.25) is 0 Å². The van der Waals surface area contributed by atoms with Crippen LogP contribution in [-0.2, 0) is 11.2 Å². The van der Waals surface area contributed by atoms with Crippen LogP contribution < -0.4 is 20.7 Å². The average molecular weight is 434 g/mol. The fraction of sp³-hybridized carbons (Fsp3) is 0.217. The Balaban J connectivity index is 1.46. The van der Waals surface area contributed by atoms with Crippen LogP contribution in [0.4, 0.5) is 5.69 Å². The lowest BCUT2D eigenvalue weighted by Gasteiger charge is -2.20. The Bertz CT molecular complexity index is 1160.